The van der Waals surface area contributed by atoms with Crippen LogP contribution in [-0.2, 0) is 13.6 Å². The van der Waals surface area contributed by atoms with Gasteiger partial charge in [-0.2, -0.15) is 9.49 Å². The fourth-order valence-electron chi connectivity index (χ4n) is 2.60. The molecule has 0 bridgehead atoms. The number of halogens is 3. The van der Waals surface area contributed by atoms with Crippen molar-refractivity contribution in [2.75, 3.05) is 0 Å². The summed E-state index contributed by atoms with van der Waals surface area (Å²) < 4.78 is 15.3. The molecule has 0 radical (unpaired) electrons. The van der Waals surface area contributed by atoms with Crippen molar-refractivity contribution in [1.29, 1.82) is 0 Å². The van der Waals surface area contributed by atoms with E-state index in [1.165, 1.54) is 7.05 Å². The minimum absolute atomic E-state index is 0.0319. The highest BCUT2D eigenvalue weighted by atomic mass is 35.5. The molecule has 0 spiro atoms. The molecule has 1 aliphatic rings. The predicted octanol–water partition coefficient (Wildman–Crippen LogP) is 3.98. The molecule has 1 aromatic heterocycles. The molecule has 0 aliphatic heterocycles. The minimum Gasteiger partial charge on any atom is -0.331 e. The van der Waals surface area contributed by atoms with Crippen LogP contribution in [0, 0.1) is 12.9 Å². The van der Waals surface area contributed by atoms with Gasteiger partial charge in [-0.1, -0.05) is 29.3 Å². The number of hydrogen-bond acceptors (Lipinski definition) is 2. The molecule has 0 saturated heterocycles. The molecular weight excluding hydrogens is 340 g/mol. The maximum Gasteiger partial charge on any atom is 0.260 e. The minimum atomic E-state index is -0.611. The number of aromatic nitrogens is 2. The van der Waals surface area contributed by atoms with Crippen molar-refractivity contribution in [3.63, 3.8) is 0 Å². The van der Waals surface area contributed by atoms with E-state index in [1.54, 1.807) is 30.0 Å². The molecule has 1 fully saturated rings. The molecule has 122 valence electrons. The van der Waals surface area contributed by atoms with Crippen molar-refractivity contribution >= 4 is 29.1 Å². The first-order valence-electron chi connectivity index (χ1n) is 7.32. The van der Waals surface area contributed by atoms with Crippen LogP contribution in [0.2, 0.25) is 10.0 Å². The number of rotatable bonds is 4. The van der Waals surface area contributed by atoms with E-state index in [0.29, 0.717) is 22.3 Å². The summed E-state index contributed by atoms with van der Waals surface area (Å²) in [5.74, 6) is -0.957. The Labute approximate surface area is 143 Å². The lowest BCUT2D eigenvalue weighted by Gasteiger charge is -2.23. The van der Waals surface area contributed by atoms with E-state index in [9.17, 15) is 9.18 Å². The van der Waals surface area contributed by atoms with E-state index in [-0.39, 0.29) is 17.5 Å². The Kier molecular flexibility index (Phi) is 4.34. The molecule has 23 heavy (non-hydrogen) atoms. The van der Waals surface area contributed by atoms with Crippen LogP contribution < -0.4 is 0 Å². The highest BCUT2D eigenvalue weighted by molar-refractivity contribution is 6.35. The summed E-state index contributed by atoms with van der Waals surface area (Å²) in [5.41, 5.74) is 1.21. The number of hydrogen-bond donors (Lipinski definition) is 0. The SMILES string of the molecule is Cc1nn(C)c(F)c1C(=O)N(Cc1ccc(Cl)cc1Cl)C1CC1. The van der Waals surface area contributed by atoms with Crippen molar-refractivity contribution in [1.82, 2.24) is 14.7 Å². The Morgan fingerprint density at radius 3 is 2.65 bits per heavy atom. The van der Waals surface area contributed by atoms with E-state index in [1.807, 2.05) is 0 Å². The van der Waals surface area contributed by atoms with Gasteiger partial charge in [0.1, 0.15) is 5.56 Å². The third-order valence-corrected chi connectivity index (χ3v) is 4.56. The van der Waals surface area contributed by atoms with E-state index >= 15 is 0 Å². The molecule has 1 amide bonds. The van der Waals surface area contributed by atoms with E-state index < -0.39 is 5.95 Å². The number of nitrogens with zero attached hydrogens (tertiary/aromatic N) is 3. The number of carbonyl (C=O) groups is 1. The molecule has 1 saturated carbocycles. The van der Waals surface area contributed by atoms with Gasteiger partial charge in [0.15, 0.2) is 0 Å². The van der Waals surface area contributed by atoms with Crippen LogP contribution in [0.1, 0.15) is 34.5 Å². The van der Waals surface area contributed by atoms with Crippen LogP contribution in [0.5, 0.6) is 0 Å². The fraction of sp³-hybridized carbons (Fsp3) is 0.375. The zero-order valence-corrected chi connectivity index (χ0v) is 14.3. The summed E-state index contributed by atoms with van der Waals surface area (Å²) in [6, 6.07) is 5.28. The summed E-state index contributed by atoms with van der Waals surface area (Å²) in [6.45, 7) is 1.96. The maximum atomic E-state index is 14.2. The number of aryl methyl sites for hydroxylation is 2. The molecule has 1 aromatic carbocycles. The van der Waals surface area contributed by atoms with Gasteiger partial charge in [0, 0.05) is 29.7 Å². The third-order valence-electron chi connectivity index (χ3n) is 3.97. The molecular formula is C16H16Cl2FN3O. The van der Waals surface area contributed by atoms with Crippen LogP contribution in [0.4, 0.5) is 4.39 Å². The second-order valence-electron chi connectivity index (χ2n) is 5.77. The van der Waals surface area contributed by atoms with Gasteiger partial charge in [-0.05, 0) is 37.5 Å². The predicted molar refractivity (Wildman–Crippen MR) is 87.3 cm³/mol. The smallest absolute Gasteiger partial charge is 0.260 e. The summed E-state index contributed by atoms with van der Waals surface area (Å²) in [4.78, 5) is 14.5. The van der Waals surface area contributed by atoms with Gasteiger partial charge < -0.3 is 4.90 Å². The van der Waals surface area contributed by atoms with Crippen LogP contribution in [0.15, 0.2) is 18.2 Å². The second-order valence-corrected chi connectivity index (χ2v) is 6.62. The van der Waals surface area contributed by atoms with Crippen LogP contribution in [0.25, 0.3) is 0 Å². The average molecular weight is 356 g/mol. The van der Waals surface area contributed by atoms with Crippen molar-refractivity contribution in [2.24, 2.45) is 7.05 Å². The van der Waals surface area contributed by atoms with Gasteiger partial charge in [0.05, 0.1) is 5.69 Å². The van der Waals surface area contributed by atoms with Gasteiger partial charge in [-0.25, -0.2) is 4.68 Å². The summed E-state index contributed by atoms with van der Waals surface area (Å²) in [7, 11) is 1.48. The Balaban J connectivity index is 1.91. The van der Waals surface area contributed by atoms with Crippen molar-refractivity contribution in [3.05, 3.63) is 51.0 Å². The second kappa shape index (κ2) is 6.13. The molecule has 2 aromatic rings. The molecule has 0 atom stereocenters. The average Bonchev–Trinajstić information content (AvgIpc) is 3.27. The summed E-state index contributed by atoms with van der Waals surface area (Å²) in [6.07, 6.45) is 1.83. The Morgan fingerprint density at radius 1 is 1.43 bits per heavy atom. The number of amides is 1. The first kappa shape index (κ1) is 16.3. The quantitative estimate of drug-likeness (QED) is 0.831. The molecule has 1 heterocycles. The Hall–Kier alpha value is -1.59. The molecule has 4 nitrogen and oxygen atoms in total. The Morgan fingerprint density at radius 2 is 2.13 bits per heavy atom. The molecule has 0 N–H and O–H groups in total. The van der Waals surface area contributed by atoms with Crippen LogP contribution >= 0.6 is 23.2 Å². The van der Waals surface area contributed by atoms with Crippen LogP contribution in [0.3, 0.4) is 0 Å². The first-order chi connectivity index (χ1) is 10.9. The standard InChI is InChI=1S/C16H16Cl2FN3O/c1-9-14(15(19)21(2)20-9)16(23)22(12-5-6-12)8-10-3-4-11(17)7-13(10)18/h3-4,7,12H,5-6,8H2,1-2H3. The van der Waals surface area contributed by atoms with Crippen molar-refractivity contribution in [3.8, 4) is 0 Å². The monoisotopic (exact) mass is 355 g/mol. The first-order valence-corrected chi connectivity index (χ1v) is 8.08. The highest BCUT2D eigenvalue weighted by Gasteiger charge is 2.36. The summed E-state index contributed by atoms with van der Waals surface area (Å²) >= 11 is 12.1. The van der Waals surface area contributed by atoms with Gasteiger partial charge in [0.25, 0.3) is 5.91 Å². The van der Waals surface area contributed by atoms with Crippen LogP contribution in [-0.4, -0.2) is 26.6 Å². The van der Waals surface area contributed by atoms with E-state index in [0.717, 1.165) is 23.1 Å². The normalized spacial score (nSPS) is 14.1. The molecule has 7 heteroatoms. The largest absolute Gasteiger partial charge is 0.331 e. The van der Waals surface area contributed by atoms with Crippen molar-refractivity contribution < 1.29 is 9.18 Å². The number of benzene rings is 1. The van der Waals surface area contributed by atoms with E-state index in [2.05, 4.69) is 5.10 Å². The van der Waals surface area contributed by atoms with Crippen molar-refractivity contribution in [2.45, 2.75) is 32.4 Å². The zero-order chi connectivity index (χ0) is 16.7. The Bertz CT molecular complexity index is 771. The number of carbonyl (C=O) groups excluding carboxylic acids is 1. The van der Waals surface area contributed by atoms with E-state index in [4.69, 9.17) is 23.2 Å². The highest BCUT2D eigenvalue weighted by Crippen LogP contribution is 2.32. The molecule has 1 aliphatic carbocycles. The van der Waals surface area contributed by atoms with Gasteiger partial charge in [0.2, 0.25) is 5.95 Å². The lowest BCUT2D eigenvalue weighted by Crippen LogP contribution is -2.33. The molecule has 3 rings (SSSR count). The topological polar surface area (TPSA) is 38.1 Å². The lowest BCUT2D eigenvalue weighted by atomic mass is 10.1. The fourth-order valence-corrected chi connectivity index (χ4v) is 3.07. The zero-order valence-electron chi connectivity index (χ0n) is 12.8. The molecule has 0 unspecified atom stereocenters. The van der Waals surface area contributed by atoms with Gasteiger partial charge in [-0.3, -0.25) is 4.79 Å². The lowest BCUT2D eigenvalue weighted by molar-refractivity contribution is 0.0724. The van der Waals surface area contributed by atoms with Gasteiger partial charge in [-0.15, -0.1) is 0 Å². The third kappa shape index (κ3) is 3.21. The van der Waals surface area contributed by atoms with Gasteiger partial charge >= 0.3 is 0 Å². The maximum absolute atomic E-state index is 14.2. The summed E-state index contributed by atoms with van der Waals surface area (Å²) in [5, 5.41) is 5.02.